The second-order valence-electron chi connectivity index (χ2n) is 8.29. The number of cyclic esters (lactones) is 1. The van der Waals surface area contributed by atoms with Gasteiger partial charge in [-0.25, -0.2) is 9.18 Å². The summed E-state index contributed by atoms with van der Waals surface area (Å²) in [5, 5.41) is 7.67. The van der Waals surface area contributed by atoms with E-state index in [1.54, 1.807) is 45.9 Å². The Morgan fingerprint density at radius 1 is 1.23 bits per heavy atom. The van der Waals surface area contributed by atoms with Crippen LogP contribution in [0.1, 0.15) is 26.7 Å². The lowest BCUT2D eigenvalue weighted by atomic mass is 10.1. The Labute approximate surface area is 207 Å². The Kier molecular flexibility index (Phi) is 7.71. The number of nitrogens with zero attached hydrogens (tertiary/aromatic N) is 4. The predicted molar refractivity (Wildman–Crippen MR) is 126 cm³/mol. The van der Waals surface area contributed by atoms with E-state index >= 15 is 4.39 Å². The number of amides is 1. The zero-order valence-corrected chi connectivity index (χ0v) is 20.3. The van der Waals surface area contributed by atoms with Crippen molar-refractivity contribution in [1.29, 1.82) is 0 Å². The number of anilines is 1. The average Bonchev–Trinajstić information content (AvgIpc) is 3.35. The lowest BCUT2D eigenvalue weighted by molar-refractivity contribution is -0.167. The minimum absolute atomic E-state index is 0. The molecule has 2 N–H and O–H groups in total. The molecule has 1 unspecified atom stereocenters. The monoisotopic (exact) mass is 505 g/mol. The lowest BCUT2D eigenvalue weighted by Gasteiger charge is -2.22. The van der Waals surface area contributed by atoms with Crippen molar-refractivity contribution in [2.75, 3.05) is 4.90 Å². The molecular formula is C23H25ClFN5O5. The molecule has 3 heterocycles. The molecule has 0 aliphatic carbocycles. The first kappa shape index (κ1) is 26.0. The molecule has 1 fully saturated rings. The zero-order chi connectivity index (χ0) is 24.6. The van der Waals surface area contributed by atoms with Crippen LogP contribution in [0.15, 0.2) is 40.9 Å². The normalized spacial score (nSPS) is 18.3. The van der Waals surface area contributed by atoms with E-state index in [0.717, 1.165) is 0 Å². The molecule has 186 valence electrons. The van der Waals surface area contributed by atoms with E-state index in [2.05, 4.69) is 15.2 Å². The van der Waals surface area contributed by atoms with E-state index in [1.807, 2.05) is 0 Å². The maximum Gasteiger partial charge on any atom is 0.417 e. The van der Waals surface area contributed by atoms with Gasteiger partial charge in [-0.3, -0.25) is 14.7 Å². The van der Waals surface area contributed by atoms with Crippen LogP contribution in [0.3, 0.4) is 0 Å². The summed E-state index contributed by atoms with van der Waals surface area (Å²) in [6.07, 6.45) is -0.415. The first-order valence-corrected chi connectivity index (χ1v) is 10.7. The fourth-order valence-corrected chi connectivity index (χ4v) is 3.44. The maximum absolute atomic E-state index is 15.0. The quantitative estimate of drug-likeness (QED) is 0.495. The van der Waals surface area contributed by atoms with Gasteiger partial charge in [-0.15, -0.1) is 22.6 Å². The first-order valence-electron chi connectivity index (χ1n) is 10.7. The fraction of sp³-hybridized carbons (Fsp3) is 0.348. The second-order valence-corrected chi connectivity index (χ2v) is 8.29. The number of ether oxygens (including phenoxy) is 2. The van der Waals surface area contributed by atoms with Crippen molar-refractivity contribution >= 4 is 30.2 Å². The molecule has 3 atom stereocenters. The molecule has 1 aliphatic heterocycles. The van der Waals surface area contributed by atoms with E-state index < -0.39 is 36.3 Å². The third-order valence-corrected chi connectivity index (χ3v) is 5.49. The Morgan fingerprint density at radius 3 is 2.54 bits per heavy atom. The van der Waals surface area contributed by atoms with Gasteiger partial charge in [0.25, 0.3) is 12.2 Å². The molecule has 0 spiro atoms. The predicted octanol–water partition coefficient (Wildman–Crippen LogP) is 3.87. The molecule has 10 nitrogen and oxygen atoms in total. The molecule has 0 saturated carbocycles. The van der Waals surface area contributed by atoms with Crippen molar-refractivity contribution in [3.05, 3.63) is 48.2 Å². The SMILES string of the molecule is Cc1nnc(-c2ccc(-c3ccc(N4C(=O)OC(OC(=O)[C@@H](N)C(C)C)[C@H]4C)cc3F)cn2)o1.Cl. The van der Waals surface area contributed by atoms with Crippen molar-refractivity contribution in [2.45, 2.75) is 46.1 Å². The van der Waals surface area contributed by atoms with Crippen molar-refractivity contribution < 1.29 is 27.9 Å². The molecule has 4 rings (SSSR count). The first-order chi connectivity index (χ1) is 16.2. The molecule has 1 amide bonds. The van der Waals surface area contributed by atoms with Crippen LogP contribution in [0.4, 0.5) is 14.9 Å². The molecule has 3 aromatic rings. The average molecular weight is 506 g/mol. The van der Waals surface area contributed by atoms with E-state index in [1.165, 1.54) is 23.2 Å². The molecule has 0 bridgehead atoms. The highest BCUT2D eigenvalue weighted by molar-refractivity contribution is 5.91. The molecule has 1 aromatic carbocycles. The van der Waals surface area contributed by atoms with Crippen LogP contribution >= 0.6 is 12.4 Å². The number of rotatable bonds is 6. The largest absolute Gasteiger partial charge is 0.422 e. The molecular weight excluding hydrogens is 481 g/mol. The molecule has 2 aromatic heterocycles. The number of carbonyl (C=O) groups is 2. The molecule has 1 saturated heterocycles. The number of pyridine rings is 1. The topological polar surface area (TPSA) is 134 Å². The van der Waals surface area contributed by atoms with Crippen LogP contribution < -0.4 is 10.6 Å². The Bertz CT molecular complexity index is 1220. The van der Waals surface area contributed by atoms with Crippen LogP contribution in [0.2, 0.25) is 0 Å². The number of esters is 1. The van der Waals surface area contributed by atoms with E-state index in [9.17, 15) is 9.59 Å². The maximum atomic E-state index is 15.0. The number of benzene rings is 1. The molecule has 1 aliphatic rings. The third-order valence-electron chi connectivity index (χ3n) is 5.49. The minimum atomic E-state index is -1.15. The summed E-state index contributed by atoms with van der Waals surface area (Å²) < 4.78 is 30.8. The van der Waals surface area contributed by atoms with E-state index in [4.69, 9.17) is 19.6 Å². The van der Waals surface area contributed by atoms with Crippen LogP contribution in [0.25, 0.3) is 22.7 Å². The van der Waals surface area contributed by atoms with Crippen LogP contribution in [-0.2, 0) is 14.3 Å². The highest BCUT2D eigenvalue weighted by atomic mass is 35.5. The van der Waals surface area contributed by atoms with Crippen LogP contribution in [0, 0.1) is 18.7 Å². The summed E-state index contributed by atoms with van der Waals surface area (Å²) in [7, 11) is 0. The number of carbonyl (C=O) groups excluding carboxylic acids is 2. The summed E-state index contributed by atoms with van der Waals surface area (Å²) in [6.45, 7) is 6.87. The molecule has 35 heavy (non-hydrogen) atoms. The Balaban J connectivity index is 0.00000342. The van der Waals surface area contributed by atoms with Crippen molar-refractivity contribution in [2.24, 2.45) is 11.7 Å². The third kappa shape index (κ3) is 5.25. The van der Waals surface area contributed by atoms with Gasteiger partial charge in [-0.2, -0.15) is 0 Å². The summed E-state index contributed by atoms with van der Waals surface area (Å²) in [6, 6.07) is 6.13. The van der Waals surface area contributed by atoms with Gasteiger partial charge in [0.05, 0.1) is 5.69 Å². The highest BCUT2D eigenvalue weighted by Gasteiger charge is 2.43. The number of hydrogen-bond acceptors (Lipinski definition) is 9. The van der Waals surface area contributed by atoms with Crippen molar-refractivity contribution in [3.63, 3.8) is 0 Å². The second kappa shape index (κ2) is 10.4. The van der Waals surface area contributed by atoms with Gasteiger partial charge in [0.1, 0.15) is 23.6 Å². The Morgan fingerprint density at radius 2 is 1.97 bits per heavy atom. The van der Waals surface area contributed by atoms with Gasteiger partial charge in [0.2, 0.25) is 5.89 Å². The number of halogens is 2. The van der Waals surface area contributed by atoms with Gasteiger partial charge in [-0.05, 0) is 37.1 Å². The van der Waals surface area contributed by atoms with Crippen LogP contribution in [-0.4, -0.2) is 45.6 Å². The minimum Gasteiger partial charge on any atom is -0.422 e. The standard InChI is InChI=1S/C23H24FN5O5.ClH/c1-11(2)19(25)21(30)33-22-12(3)29(23(31)34-22)15-6-7-16(17(24)9-15)14-5-8-18(26-10-14)20-28-27-13(4)32-20;/h5-12,19,22H,25H2,1-4H3;1H/t12-,19+,22?;/m1./s1. The van der Waals surface area contributed by atoms with Gasteiger partial charge in [0, 0.05) is 24.2 Å². The smallest absolute Gasteiger partial charge is 0.417 e. The Hall–Kier alpha value is -3.57. The van der Waals surface area contributed by atoms with Gasteiger partial charge in [0.15, 0.2) is 0 Å². The molecule has 12 heteroatoms. The van der Waals surface area contributed by atoms with Crippen molar-refractivity contribution in [1.82, 2.24) is 15.2 Å². The van der Waals surface area contributed by atoms with Gasteiger partial charge >= 0.3 is 12.1 Å². The van der Waals surface area contributed by atoms with E-state index in [0.29, 0.717) is 17.1 Å². The number of hydrogen-bond donors (Lipinski definition) is 1. The lowest BCUT2D eigenvalue weighted by Crippen LogP contribution is -2.42. The van der Waals surface area contributed by atoms with Gasteiger partial charge in [-0.1, -0.05) is 19.9 Å². The summed E-state index contributed by atoms with van der Waals surface area (Å²) in [4.78, 5) is 30.1. The number of aromatic nitrogens is 3. The highest BCUT2D eigenvalue weighted by Crippen LogP contribution is 2.32. The zero-order valence-electron chi connectivity index (χ0n) is 19.5. The summed E-state index contributed by atoms with van der Waals surface area (Å²) >= 11 is 0. The molecule has 0 radical (unpaired) electrons. The summed E-state index contributed by atoms with van der Waals surface area (Å²) in [5.41, 5.74) is 7.34. The van der Waals surface area contributed by atoms with Gasteiger partial charge < -0.3 is 19.6 Å². The van der Waals surface area contributed by atoms with Crippen LogP contribution in [0.5, 0.6) is 0 Å². The van der Waals surface area contributed by atoms with Crippen molar-refractivity contribution in [3.8, 4) is 22.7 Å². The number of nitrogens with two attached hydrogens (primary N) is 1. The fourth-order valence-electron chi connectivity index (χ4n) is 3.44. The number of aryl methyl sites for hydroxylation is 1. The van der Waals surface area contributed by atoms with E-state index in [-0.39, 0.29) is 35.5 Å². The summed E-state index contributed by atoms with van der Waals surface area (Å²) in [5.74, 6) is -0.696.